The Morgan fingerprint density at radius 3 is 2.43 bits per heavy atom. The average Bonchev–Trinajstić information content (AvgIpc) is 3.14. The summed E-state index contributed by atoms with van der Waals surface area (Å²) < 4.78 is 8.42. The molecule has 0 fully saturated rings. The van der Waals surface area contributed by atoms with Gasteiger partial charge in [0.2, 0.25) is 0 Å². The number of anilines is 1. The van der Waals surface area contributed by atoms with E-state index in [4.69, 9.17) is 9.72 Å². The number of aromatic nitrogens is 2. The van der Waals surface area contributed by atoms with E-state index in [1.54, 1.807) is 12.1 Å². The van der Waals surface area contributed by atoms with E-state index < -0.39 is 10.9 Å². The maximum atomic E-state index is 12.5. The first-order chi connectivity index (χ1) is 17.3. The molecule has 37 heavy (non-hydrogen) atoms. The Hall–Kier alpha value is -3.72. The van der Waals surface area contributed by atoms with Crippen molar-refractivity contribution in [3.63, 3.8) is 0 Å². The predicted octanol–water partition coefficient (Wildman–Crippen LogP) is 7.52. The molecule has 1 N–H and O–H groups in total. The second-order valence-electron chi connectivity index (χ2n) is 10.9. The van der Waals surface area contributed by atoms with Crippen molar-refractivity contribution in [3.05, 3.63) is 87.0 Å². The molecular weight excluding hydrogens is 536 g/mol. The molecule has 0 unspecified atom stereocenters. The van der Waals surface area contributed by atoms with Crippen molar-refractivity contribution in [3.8, 4) is 17.0 Å². The maximum Gasteiger partial charge on any atom is 0.343 e. The van der Waals surface area contributed by atoms with Crippen LogP contribution in [0.15, 0.2) is 71.3 Å². The standard InChI is InChI=1S/C28H29BrN4O4/c1-27(2,3)17-28(4,5)31-25-24(30-23-14-11-20(29)16-32(23)25)18-9-12-22(13-10-18)37-26(34)19-7-6-8-21(15-19)33(35)36/h6-16,31H,17H2,1-5H3. The summed E-state index contributed by atoms with van der Waals surface area (Å²) in [4.78, 5) is 27.9. The topological polar surface area (TPSA) is 98.8 Å². The highest BCUT2D eigenvalue weighted by molar-refractivity contribution is 9.10. The number of nitrogens with zero attached hydrogens (tertiary/aromatic N) is 3. The lowest BCUT2D eigenvalue weighted by molar-refractivity contribution is -0.384. The normalized spacial score (nSPS) is 11.9. The fourth-order valence-corrected chi connectivity index (χ4v) is 4.96. The Balaban J connectivity index is 1.64. The highest BCUT2D eigenvalue weighted by atomic mass is 79.9. The summed E-state index contributed by atoms with van der Waals surface area (Å²) in [7, 11) is 0. The molecule has 8 nitrogen and oxygen atoms in total. The van der Waals surface area contributed by atoms with E-state index >= 15 is 0 Å². The fraction of sp³-hybridized carbons (Fsp3) is 0.286. The molecule has 2 aromatic heterocycles. The number of nitro benzene ring substituents is 1. The minimum absolute atomic E-state index is 0.108. The summed E-state index contributed by atoms with van der Waals surface area (Å²) in [6.45, 7) is 11.0. The van der Waals surface area contributed by atoms with E-state index in [1.165, 1.54) is 24.3 Å². The van der Waals surface area contributed by atoms with Gasteiger partial charge in [0, 0.05) is 33.9 Å². The van der Waals surface area contributed by atoms with Gasteiger partial charge in [-0.1, -0.05) is 26.8 Å². The summed E-state index contributed by atoms with van der Waals surface area (Å²) in [6.07, 6.45) is 2.92. The van der Waals surface area contributed by atoms with Crippen LogP contribution >= 0.6 is 15.9 Å². The van der Waals surface area contributed by atoms with Crippen LogP contribution in [-0.4, -0.2) is 25.8 Å². The Kier molecular flexibility index (Phi) is 7.10. The van der Waals surface area contributed by atoms with Crippen LogP contribution < -0.4 is 10.1 Å². The second kappa shape index (κ2) is 9.97. The number of non-ortho nitro benzene ring substituents is 1. The van der Waals surface area contributed by atoms with Crippen molar-refractivity contribution < 1.29 is 14.5 Å². The number of carbonyl (C=O) groups is 1. The molecule has 0 bridgehead atoms. The van der Waals surface area contributed by atoms with Crippen LogP contribution in [-0.2, 0) is 0 Å². The van der Waals surface area contributed by atoms with E-state index in [-0.39, 0.29) is 22.2 Å². The fourth-order valence-electron chi connectivity index (χ4n) is 4.62. The summed E-state index contributed by atoms with van der Waals surface area (Å²) in [5, 5.41) is 14.7. The number of nitro groups is 1. The molecule has 4 rings (SSSR count). The minimum Gasteiger partial charge on any atom is -0.423 e. The Morgan fingerprint density at radius 2 is 1.78 bits per heavy atom. The van der Waals surface area contributed by atoms with Crippen molar-refractivity contribution in [2.24, 2.45) is 5.41 Å². The number of hydrogen-bond acceptors (Lipinski definition) is 6. The van der Waals surface area contributed by atoms with E-state index in [0.29, 0.717) is 5.75 Å². The van der Waals surface area contributed by atoms with Crippen molar-refractivity contribution in [1.29, 1.82) is 0 Å². The first-order valence-electron chi connectivity index (χ1n) is 11.8. The van der Waals surface area contributed by atoms with Crippen LogP contribution in [0.2, 0.25) is 0 Å². The van der Waals surface area contributed by atoms with Crippen LogP contribution in [0, 0.1) is 15.5 Å². The van der Waals surface area contributed by atoms with Crippen LogP contribution in [0.25, 0.3) is 16.9 Å². The number of halogens is 1. The zero-order valence-electron chi connectivity index (χ0n) is 21.4. The number of imidazole rings is 1. The molecule has 2 aromatic carbocycles. The Morgan fingerprint density at radius 1 is 1.08 bits per heavy atom. The highest BCUT2D eigenvalue weighted by Crippen LogP contribution is 2.36. The number of pyridine rings is 1. The van der Waals surface area contributed by atoms with Gasteiger partial charge in [-0.15, -0.1) is 0 Å². The smallest absolute Gasteiger partial charge is 0.343 e. The molecule has 0 aliphatic carbocycles. The van der Waals surface area contributed by atoms with Crippen molar-refractivity contribution in [2.75, 3.05) is 5.32 Å². The molecule has 0 radical (unpaired) electrons. The third kappa shape index (κ3) is 6.35. The van der Waals surface area contributed by atoms with E-state index in [2.05, 4.69) is 55.9 Å². The molecule has 0 saturated carbocycles. The van der Waals surface area contributed by atoms with Gasteiger partial charge in [-0.25, -0.2) is 9.78 Å². The summed E-state index contributed by atoms with van der Waals surface area (Å²) >= 11 is 3.56. The first kappa shape index (κ1) is 26.3. The molecule has 2 heterocycles. The lowest BCUT2D eigenvalue weighted by atomic mass is 9.82. The van der Waals surface area contributed by atoms with Gasteiger partial charge in [-0.3, -0.25) is 14.5 Å². The number of esters is 1. The number of benzene rings is 2. The Bertz CT molecular complexity index is 1470. The van der Waals surface area contributed by atoms with Gasteiger partial charge in [0.15, 0.2) is 0 Å². The van der Waals surface area contributed by atoms with Gasteiger partial charge in [-0.2, -0.15) is 0 Å². The third-order valence-corrected chi connectivity index (χ3v) is 6.11. The predicted molar refractivity (Wildman–Crippen MR) is 148 cm³/mol. The van der Waals surface area contributed by atoms with Crippen molar-refractivity contribution >= 4 is 39.1 Å². The molecule has 0 atom stereocenters. The van der Waals surface area contributed by atoms with Gasteiger partial charge in [0.25, 0.3) is 5.69 Å². The Labute approximate surface area is 224 Å². The zero-order valence-corrected chi connectivity index (χ0v) is 23.0. The maximum absolute atomic E-state index is 12.5. The van der Waals surface area contributed by atoms with Gasteiger partial charge >= 0.3 is 5.97 Å². The van der Waals surface area contributed by atoms with Gasteiger partial charge in [-0.05, 0) is 84.1 Å². The molecule has 192 valence electrons. The molecule has 0 aliphatic heterocycles. The molecule has 9 heteroatoms. The van der Waals surface area contributed by atoms with E-state index in [0.717, 1.165) is 33.6 Å². The van der Waals surface area contributed by atoms with Gasteiger partial charge in [0.05, 0.1) is 10.5 Å². The van der Waals surface area contributed by atoms with Crippen LogP contribution in [0.4, 0.5) is 11.5 Å². The highest BCUT2D eigenvalue weighted by Gasteiger charge is 2.28. The lowest BCUT2D eigenvalue weighted by Crippen LogP contribution is -2.36. The number of nitrogens with one attached hydrogen (secondary N) is 1. The minimum atomic E-state index is -0.666. The van der Waals surface area contributed by atoms with Crippen molar-refractivity contribution in [1.82, 2.24) is 9.38 Å². The lowest BCUT2D eigenvalue weighted by Gasteiger charge is -2.34. The third-order valence-electron chi connectivity index (χ3n) is 5.64. The SMILES string of the molecule is CC(C)(C)CC(C)(C)Nc1c(-c2ccc(OC(=O)c3cccc([N+](=O)[O-])c3)cc2)nc2ccc(Br)cn12. The molecule has 0 aliphatic rings. The molecular formula is C28H29BrN4O4. The number of rotatable bonds is 7. The zero-order chi connectivity index (χ0) is 27.0. The second-order valence-corrected chi connectivity index (χ2v) is 11.8. The number of hydrogen-bond donors (Lipinski definition) is 1. The molecule has 0 amide bonds. The molecule has 0 spiro atoms. The van der Waals surface area contributed by atoms with Crippen molar-refractivity contribution in [2.45, 2.75) is 46.6 Å². The molecule has 4 aromatic rings. The quantitative estimate of drug-likeness (QED) is 0.108. The monoisotopic (exact) mass is 564 g/mol. The number of carbonyl (C=O) groups excluding carboxylic acids is 1. The van der Waals surface area contributed by atoms with E-state index in [9.17, 15) is 14.9 Å². The number of fused-ring (bicyclic) bond motifs is 1. The summed E-state index contributed by atoms with van der Waals surface area (Å²) in [5.74, 6) is 0.529. The van der Waals surface area contributed by atoms with Crippen LogP contribution in [0.1, 0.15) is 51.4 Å². The van der Waals surface area contributed by atoms with E-state index in [1.807, 2.05) is 34.9 Å². The molecule has 0 saturated heterocycles. The number of ether oxygens (including phenoxy) is 1. The summed E-state index contributed by atoms with van der Waals surface area (Å²) in [5.41, 5.74) is 2.28. The van der Waals surface area contributed by atoms with Crippen LogP contribution in [0.5, 0.6) is 5.75 Å². The van der Waals surface area contributed by atoms with Gasteiger partial charge < -0.3 is 10.1 Å². The van der Waals surface area contributed by atoms with Gasteiger partial charge in [0.1, 0.15) is 22.9 Å². The largest absolute Gasteiger partial charge is 0.423 e. The average molecular weight is 565 g/mol. The van der Waals surface area contributed by atoms with Crippen LogP contribution in [0.3, 0.4) is 0 Å². The first-order valence-corrected chi connectivity index (χ1v) is 12.6. The summed E-state index contributed by atoms with van der Waals surface area (Å²) in [6, 6.07) is 16.4.